The van der Waals surface area contributed by atoms with Gasteiger partial charge in [0.1, 0.15) is 36.3 Å². The van der Waals surface area contributed by atoms with Crippen LogP contribution in [-0.2, 0) is 48.2 Å². The highest BCUT2D eigenvalue weighted by molar-refractivity contribution is 8.55. The van der Waals surface area contributed by atoms with E-state index in [0.29, 0.717) is 56.1 Å². The zero-order chi connectivity index (χ0) is 51.9. The number of fused-ring (bicyclic) bond motifs is 4. The molecule has 3 aliphatic rings. The molecule has 7 aromatic rings. The predicted octanol–water partition coefficient (Wildman–Crippen LogP) is 8.41. The number of halogens is 2. The number of ketones is 2. The van der Waals surface area contributed by atoms with E-state index in [1.165, 1.54) is 10.9 Å². The van der Waals surface area contributed by atoms with Crippen LogP contribution in [0.15, 0.2) is 132 Å². The Hall–Kier alpha value is -5.97. The van der Waals surface area contributed by atoms with Crippen LogP contribution in [0.2, 0.25) is 0 Å². The Bertz CT molecular complexity index is 3450. The van der Waals surface area contributed by atoms with Gasteiger partial charge >= 0.3 is 19.3 Å². The number of H-pyrrole nitrogens is 1. The van der Waals surface area contributed by atoms with E-state index in [9.17, 15) is 19.2 Å². The predicted molar refractivity (Wildman–Crippen MR) is 270 cm³/mol. The molecule has 19 nitrogen and oxygen atoms in total. The Morgan fingerprint density at radius 2 is 1.16 bits per heavy atom. The number of benzene rings is 4. The third kappa shape index (κ3) is 10.9. The number of nitrogens with two attached hydrogens (primary N) is 1. The third-order valence-electron chi connectivity index (χ3n) is 12.5. The van der Waals surface area contributed by atoms with Crippen molar-refractivity contribution < 1.29 is 55.1 Å². The monoisotopic (exact) mass is 1090 g/mol. The largest absolute Gasteiger partial charge is 0.390 e. The van der Waals surface area contributed by atoms with Crippen LogP contribution in [-0.4, -0.2) is 90.6 Å². The maximum absolute atomic E-state index is 17.3. The first-order valence-electron chi connectivity index (χ1n) is 22.9. The maximum Gasteiger partial charge on any atom is 0.390 e. The molecule has 2 bridgehead atoms. The highest BCUT2D eigenvalue weighted by atomic mass is 32.7. The van der Waals surface area contributed by atoms with E-state index in [1.54, 1.807) is 72.8 Å². The van der Waals surface area contributed by atoms with Crippen molar-refractivity contribution in [3.05, 3.63) is 187 Å². The number of imidazole rings is 1. The molecule has 4 aromatic carbocycles. The second-order valence-corrected chi connectivity index (χ2v) is 25.6. The number of nitrogens with zero attached hydrogens (tertiary/aromatic N) is 5. The Morgan fingerprint density at radius 1 is 0.662 bits per heavy atom. The molecule has 3 aromatic heterocycles. The molecule has 2 unspecified atom stereocenters. The van der Waals surface area contributed by atoms with Crippen LogP contribution >= 0.6 is 36.4 Å². The smallest absolute Gasteiger partial charge is 0.382 e. The van der Waals surface area contributed by atoms with Crippen LogP contribution in [0.3, 0.4) is 0 Å². The molecule has 0 saturated carbocycles. The van der Waals surface area contributed by atoms with Crippen LogP contribution in [0.5, 0.6) is 0 Å². The van der Waals surface area contributed by atoms with Gasteiger partial charge in [-0.15, -0.1) is 0 Å². The average Bonchev–Trinajstić information content (AvgIpc) is 4.06. The summed E-state index contributed by atoms with van der Waals surface area (Å²) in [5.41, 5.74) is 9.28. The van der Waals surface area contributed by atoms with Crippen molar-refractivity contribution in [3.8, 4) is 0 Å². The summed E-state index contributed by atoms with van der Waals surface area (Å²) in [4.78, 5) is 66.3. The second kappa shape index (κ2) is 21.3. The minimum Gasteiger partial charge on any atom is -0.382 e. The molecule has 74 heavy (non-hydrogen) atoms. The van der Waals surface area contributed by atoms with Gasteiger partial charge in [-0.05, 0) is 47.7 Å². The summed E-state index contributed by atoms with van der Waals surface area (Å²) in [5, 5.41) is 0. The molecule has 0 amide bonds. The average molecular weight is 1090 g/mol. The minimum atomic E-state index is -4.72. The highest BCUT2D eigenvalue weighted by Crippen LogP contribution is 2.67. The summed E-state index contributed by atoms with van der Waals surface area (Å²) in [6.45, 7) is -7.19. The molecule has 3 saturated heterocycles. The Balaban J connectivity index is 0.973. The van der Waals surface area contributed by atoms with Crippen molar-refractivity contribution in [2.45, 2.75) is 74.6 Å². The number of anilines is 1. The quantitative estimate of drug-likeness (QED) is 0.0861. The lowest BCUT2D eigenvalue weighted by atomic mass is 10.0. The van der Waals surface area contributed by atoms with Crippen LogP contribution in [0.25, 0.3) is 11.2 Å². The number of alkyl halides is 2. The lowest BCUT2D eigenvalue weighted by Gasteiger charge is -2.28. The van der Waals surface area contributed by atoms with E-state index in [4.69, 9.17) is 33.3 Å². The topological polar surface area (TPSA) is 248 Å². The van der Waals surface area contributed by atoms with Crippen molar-refractivity contribution in [2.24, 2.45) is 0 Å². The molecule has 25 heteroatoms. The van der Waals surface area contributed by atoms with Gasteiger partial charge in [0, 0.05) is 46.0 Å². The first kappa shape index (κ1) is 51.5. The van der Waals surface area contributed by atoms with Crippen LogP contribution in [0.4, 0.5) is 14.6 Å². The number of nitrogens with one attached hydrogen (secondary N) is 1. The number of aromatic nitrogens is 6. The van der Waals surface area contributed by atoms with Gasteiger partial charge in [0.15, 0.2) is 47.8 Å². The van der Waals surface area contributed by atoms with Crippen LogP contribution in [0, 0.1) is 13.8 Å². The van der Waals surface area contributed by atoms with Crippen LogP contribution < -0.4 is 17.0 Å². The lowest BCUT2D eigenvalue weighted by molar-refractivity contribution is -0.0589. The van der Waals surface area contributed by atoms with Crippen molar-refractivity contribution in [2.75, 3.05) is 18.9 Å². The molecule has 3 N–H and O–H groups in total. The van der Waals surface area contributed by atoms with Gasteiger partial charge in [-0.3, -0.25) is 46.6 Å². The molecule has 384 valence electrons. The number of carbonyl (C=O) groups is 2. The van der Waals surface area contributed by atoms with Crippen molar-refractivity contribution in [3.63, 3.8) is 0 Å². The van der Waals surface area contributed by atoms with Crippen molar-refractivity contribution in [1.29, 1.82) is 0 Å². The zero-order valence-corrected chi connectivity index (χ0v) is 42.6. The molecular formula is C49H45F2N7O12P2S2. The van der Waals surface area contributed by atoms with Gasteiger partial charge in [0.2, 0.25) is 0 Å². The van der Waals surface area contributed by atoms with Gasteiger partial charge in [0.05, 0.1) is 19.5 Å². The van der Waals surface area contributed by atoms with E-state index in [-0.39, 0.29) is 40.1 Å². The number of ether oxygens (including phenoxy) is 2. The van der Waals surface area contributed by atoms with E-state index >= 15 is 17.9 Å². The fourth-order valence-corrected chi connectivity index (χ4v) is 15.1. The zero-order valence-electron chi connectivity index (χ0n) is 39.2. The maximum atomic E-state index is 17.3. The Kier molecular flexibility index (Phi) is 14.9. The van der Waals surface area contributed by atoms with Gasteiger partial charge in [-0.2, -0.15) is 0 Å². The molecule has 3 fully saturated rings. The Morgan fingerprint density at radius 3 is 1.70 bits per heavy atom. The number of aromatic amines is 1. The summed E-state index contributed by atoms with van der Waals surface area (Å²) in [7, 11) is 0. The van der Waals surface area contributed by atoms with Crippen molar-refractivity contribution in [1.82, 2.24) is 29.1 Å². The number of carbonyl (C=O) groups excluding carboxylic acids is 2. The van der Waals surface area contributed by atoms with Gasteiger partial charge in [-0.25, -0.2) is 37.7 Å². The molecule has 0 aliphatic carbocycles. The van der Waals surface area contributed by atoms with Crippen molar-refractivity contribution >= 4 is 64.9 Å². The molecule has 10 atom stereocenters. The number of rotatable bonds is 12. The SMILES string of the molecule is Cc1ccc(C(=O)c2ccc(CSP3(=O)OC[C@H]4O[C@@H](n5cnc6c(N)ncnc65)[C@H](F)[C@@H]4OP(=O)(SCc4ccc(C(=O)c5ccc(C)cc5)cc4)OC[C@H]4O[C@@H](n5ccc(=O)[nH]c5=O)[C@H](O3)[C@@H]4F)cc2)cc1. The van der Waals surface area contributed by atoms with Gasteiger partial charge in [0.25, 0.3) is 5.56 Å². The van der Waals surface area contributed by atoms with Gasteiger partial charge in [-0.1, -0.05) is 108 Å². The summed E-state index contributed by atoms with van der Waals surface area (Å²) in [6.07, 6.45) is -11.2. The minimum absolute atomic E-state index is 0.000734. The molecule has 6 heterocycles. The molecule has 3 aliphatic heterocycles. The normalized spacial score (nSPS) is 27.2. The Labute approximate surface area is 428 Å². The lowest BCUT2D eigenvalue weighted by Crippen LogP contribution is -2.37. The van der Waals surface area contributed by atoms with E-state index in [0.717, 1.165) is 34.3 Å². The molecule has 0 spiro atoms. The molecular weight excluding hydrogens is 1040 g/mol. The third-order valence-corrected chi connectivity index (χ3v) is 19.8. The first-order valence-corrected chi connectivity index (χ1v) is 29.2. The fraction of sp³-hybridized carbons (Fsp3) is 0.286. The first-order chi connectivity index (χ1) is 35.5. The van der Waals surface area contributed by atoms with Crippen LogP contribution in [0.1, 0.15) is 66.6 Å². The molecule has 0 radical (unpaired) electrons. The summed E-state index contributed by atoms with van der Waals surface area (Å²) in [6, 6.07) is 28.1. The number of nitrogen functional groups attached to an aromatic ring is 1. The highest BCUT2D eigenvalue weighted by Gasteiger charge is 2.55. The second-order valence-electron chi connectivity index (χ2n) is 17.6. The number of hydrogen-bond acceptors (Lipinski definition) is 18. The number of hydrogen-bond donors (Lipinski definition) is 2. The molecule has 10 rings (SSSR count). The van der Waals surface area contributed by atoms with Gasteiger partial charge < -0.3 is 15.2 Å². The van der Waals surface area contributed by atoms with E-state index in [1.807, 2.05) is 38.1 Å². The number of aryl methyl sites for hydroxylation is 2. The standard InChI is InChI=1S/C49H45F2N7O12P2S2/c1-27-3-11-31(12-4-27)41(60)33-15-7-29(8-16-33)23-73-71(63)65-21-35-38(50)44(48(67-35)57-20-19-37(59)56-49(57)62)70-72(64,74-24-30-9-17-34(18-10-30)42(61)32-13-5-28(2)6-14-32)66-22-36-43(69-71)39(51)47(68-36)58-26-55-40-45(52)53-25-54-46(40)58/h3-20,25-26,35-36,38-39,43-44,47-48H,21-24H2,1-2H3,(H2,52,53,54)(H,56,59,62)/t35-,36-,38-,39-,43-,44-,47-,48-,71?,72?/m1/s1. The summed E-state index contributed by atoms with van der Waals surface area (Å²) >= 11 is 1.25. The summed E-state index contributed by atoms with van der Waals surface area (Å²) < 4.78 is 104. The fourth-order valence-electron chi connectivity index (χ4n) is 8.41. The van der Waals surface area contributed by atoms with E-state index < -0.39 is 87.3 Å². The summed E-state index contributed by atoms with van der Waals surface area (Å²) in [5.74, 6) is -0.642. The van der Waals surface area contributed by atoms with E-state index in [2.05, 4.69) is 19.9 Å².